The van der Waals surface area contributed by atoms with Crippen LogP contribution >= 0.6 is 23.2 Å². The van der Waals surface area contributed by atoms with E-state index in [1.165, 1.54) is 0 Å². The smallest absolute Gasteiger partial charge is 0.205 e. The lowest BCUT2D eigenvalue weighted by Gasteiger charge is -2.36. The predicted octanol–water partition coefficient (Wildman–Crippen LogP) is 3.84. The van der Waals surface area contributed by atoms with E-state index in [9.17, 15) is 0 Å². The second kappa shape index (κ2) is 5.24. The first-order chi connectivity index (χ1) is 8.47. The third-order valence-electron chi connectivity index (χ3n) is 2.88. The zero-order valence-corrected chi connectivity index (χ0v) is 12.3. The normalized spacial score (nSPS) is 19.3. The molecule has 0 spiro atoms. The van der Waals surface area contributed by atoms with Crippen molar-refractivity contribution in [2.75, 3.05) is 0 Å². The van der Waals surface area contributed by atoms with Gasteiger partial charge in [-0.05, 0) is 5.56 Å². The Bertz CT molecular complexity index is 443. The molecule has 2 rings (SSSR count). The molecule has 0 aromatic carbocycles. The molecule has 3 nitrogen and oxygen atoms in total. The fourth-order valence-corrected chi connectivity index (χ4v) is 2.27. The van der Waals surface area contributed by atoms with Gasteiger partial charge in [0, 0.05) is 23.1 Å². The molecule has 2 heterocycles. The van der Waals surface area contributed by atoms with Crippen LogP contribution in [0.4, 0.5) is 0 Å². The van der Waals surface area contributed by atoms with E-state index < -0.39 is 0 Å². The minimum atomic E-state index is -0.292. The van der Waals surface area contributed by atoms with Gasteiger partial charge < -0.3 is 9.47 Å². The molecule has 0 saturated heterocycles. The zero-order valence-electron chi connectivity index (χ0n) is 10.8. The summed E-state index contributed by atoms with van der Waals surface area (Å²) in [5.41, 5.74) is 2.56. The highest BCUT2D eigenvalue weighted by molar-refractivity contribution is 6.17. The van der Waals surface area contributed by atoms with Gasteiger partial charge in [0.05, 0.1) is 18.2 Å². The first kappa shape index (κ1) is 13.9. The number of fused-ring (bicyclic) bond motifs is 1. The van der Waals surface area contributed by atoms with E-state index in [-0.39, 0.29) is 11.7 Å². The summed E-state index contributed by atoms with van der Waals surface area (Å²) < 4.78 is 11.7. The van der Waals surface area contributed by atoms with E-state index in [0.717, 1.165) is 22.6 Å². The number of rotatable bonds is 2. The van der Waals surface area contributed by atoms with Gasteiger partial charge in [0.25, 0.3) is 0 Å². The fraction of sp³-hybridized carbons (Fsp3) is 0.615. The number of aromatic nitrogens is 1. The van der Waals surface area contributed by atoms with Crippen molar-refractivity contribution in [2.24, 2.45) is 5.41 Å². The van der Waals surface area contributed by atoms with E-state index in [1.54, 1.807) is 6.20 Å². The van der Waals surface area contributed by atoms with Gasteiger partial charge in [0.15, 0.2) is 5.75 Å². The summed E-state index contributed by atoms with van der Waals surface area (Å²) in [5.74, 6) is 1.46. The van der Waals surface area contributed by atoms with Crippen LogP contribution in [0.5, 0.6) is 5.75 Å². The minimum Gasteiger partial charge on any atom is -0.462 e. The molecule has 100 valence electrons. The number of halogens is 2. The first-order valence-electron chi connectivity index (χ1n) is 5.87. The Morgan fingerprint density at radius 1 is 1.33 bits per heavy atom. The highest BCUT2D eigenvalue weighted by Gasteiger charge is 2.33. The van der Waals surface area contributed by atoms with Crippen LogP contribution in [0.25, 0.3) is 0 Å². The fourth-order valence-electron chi connectivity index (χ4n) is 1.85. The lowest BCUT2D eigenvalue weighted by molar-refractivity contribution is -0.164. The van der Waals surface area contributed by atoms with Crippen molar-refractivity contribution in [1.82, 2.24) is 4.98 Å². The van der Waals surface area contributed by atoms with Crippen molar-refractivity contribution in [3.05, 3.63) is 23.0 Å². The summed E-state index contributed by atoms with van der Waals surface area (Å²) >= 11 is 11.8. The molecular formula is C13H17Cl2NO2. The topological polar surface area (TPSA) is 31.4 Å². The van der Waals surface area contributed by atoms with Crippen LogP contribution in [0.15, 0.2) is 6.20 Å². The summed E-state index contributed by atoms with van der Waals surface area (Å²) in [6, 6.07) is 0. The van der Waals surface area contributed by atoms with E-state index in [2.05, 4.69) is 25.8 Å². The number of hydrogen-bond acceptors (Lipinski definition) is 3. The summed E-state index contributed by atoms with van der Waals surface area (Å²) in [6.45, 7) is 6.71. The Hall–Kier alpha value is -0.510. The third-order valence-corrected chi connectivity index (χ3v) is 3.42. The van der Waals surface area contributed by atoms with Gasteiger partial charge in [-0.3, -0.25) is 4.98 Å². The Kier molecular flexibility index (Phi) is 4.05. The third kappa shape index (κ3) is 2.58. The molecule has 1 aromatic heterocycles. The van der Waals surface area contributed by atoms with Crippen LogP contribution in [-0.4, -0.2) is 11.3 Å². The van der Waals surface area contributed by atoms with Crippen LogP contribution in [0.3, 0.4) is 0 Å². The summed E-state index contributed by atoms with van der Waals surface area (Å²) in [6.07, 6.45) is 1.45. The maximum atomic E-state index is 5.93. The maximum absolute atomic E-state index is 5.93. The summed E-state index contributed by atoms with van der Waals surface area (Å²) in [5, 5.41) is 0. The number of hydrogen-bond donors (Lipinski definition) is 0. The van der Waals surface area contributed by atoms with E-state index in [4.69, 9.17) is 32.7 Å². The molecule has 0 aliphatic carbocycles. The highest BCUT2D eigenvalue weighted by Crippen LogP contribution is 2.37. The Labute approximate surface area is 117 Å². The molecule has 1 aromatic rings. The van der Waals surface area contributed by atoms with Crippen LogP contribution in [0.2, 0.25) is 0 Å². The minimum absolute atomic E-state index is 0.0990. The zero-order chi connectivity index (χ0) is 13.3. The van der Waals surface area contributed by atoms with Crippen molar-refractivity contribution < 1.29 is 9.47 Å². The predicted molar refractivity (Wildman–Crippen MR) is 72.0 cm³/mol. The molecule has 1 aliphatic heterocycles. The van der Waals surface area contributed by atoms with E-state index >= 15 is 0 Å². The molecule has 0 bridgehead atoms. The second-order valence-electron chi connectivity index (χ2n) is 5.43. The van der Waals surface area contributed by atoms with Crippen LogP contribution < -0.4 is 4.74 Å². The van der Waals surface area contributed by atoms with Gasteiger partial charge in [-0.15, -0.1) is 23.2 Å². The molecule has 1 unspecified atom stereocenters. The molecule has 0 fully saturated rings. The van der Waals surface area contributed by atoms with Gasteiger partial charge in [0.1, 0.15) is 0 Å². The van der Waals surface area contributed by atoms with Gasteiger partial charge in [-0.2, -0.15) is 0 Å². The van der Waals surface area contributed by atoms with Crippen molar-refractivity contribution in [1.29, 1.82) is 0 Å². The van der Waals surface area contributed by atoms with Crippen LogP contribution in [0.1, 0.15) is 37.6 Å². The van der Waals surface area contributed by atoms with Crippen LogP contribution in [0, 0.1) is 5.41 Å². The number of alkyl halides is 2. The molecule has 1 atom stereocenters. The van der Waals surface area contributed by atoms with E-state index in [0.29, 0.717) is 18.4 Å². The Balaban J connectivity index is 2.41. The number of pyridine rings is 1. The molecule has 0 N–H and O–H groups in total. The first-order valence-corrected chi connectivity index (χ1v) is 6.94. The SMILES string of the molecule is CC(C)(C)C1OCc2c(CCl)cnc(CCl)c2O1. The highest BCUT2D eigenvalue weighted by atomic mass is 35.5. The maximum Gasteiger partial charge on any atom is 0.205 e. The molecule has 0 amide bonds. The Morgan fingerprint density at radius 3 is 2.61 bits per heavy atom. The quantitative estimate of drug-likeness (QED) is 0.775. The van der Waals surface area contributed by atoms with Crippen molar-refractivity contribution in [3.63, 3.8) is 0 Å². The number of nitrogens with zero attached hydrogens (tertiary/aromatic N) is 1. The van der Waals surface area contributed by atoms with Gasteiger partial charge in [-0.1, -0.05) is 20.8 Å². The lowest BCUT2D eigenvalue weighted by atomic mass is 9.95. The largest absolute Gasteiger partial charge is 0.462 e. The van der Waals surface area contributed by atoms with Gasteiger partial charge >= 0.3 is 0 Å². The molecular weight excluding hydrogens is 273 g/mol. The number of ether oxygens (including phenoxy) is 2. The van der Waals surface area contributed by atoms with Gasteiger partial charge in [0.2, 0.25) is 6.29 Å². The summed E-state index contributed by atoms with van der Waals surface area (Å²) in [7, 11) is 0. The standard InChI is InChI=1S/C13H17Cl2NO2/c1-13(2,3)12-17-7-9-8(4-14)6-16-10(5-15)11(9)18-12/h6,12H,4-5,7H2,1-3H3. The second-order valence-corrected chi connectivity index (χ2v) is 5.97. The van der Waals surface area contributed by atoms with Crippen molar-refractivity contribution in [3.8, 4) is 5.75 Å². The molecule has 18 heavy (non-hydrogen) atoms. The van der Waals surface area contributed by atoms with E-state index in [1.807, 2.05) is 0 Å². The summed E-state index contributed by atoms with van der Waals surface area (Å²) in [4.78, 5) is 4.30. The van der Waals surface area contributed by atoms with Crippen molar-refractivity contribution >= 4 is 23.2 Å². The lowest BCUT2D eigenvalue weighted by Crippen LogP contribution is -2.38. The van der Waals surface area contributed by atoms with Crippen molar-refractivity contribution in [2.45, 2.75) is 45.4 Å². The molecule has 1 aliphatic rings. The average molecular weight is 290 g/mol. The molecule has 5 heteroatoms. The van der Waals surface area contributed by atoms with Gasteiger partial charge in [-0.25, -0.2) is 0 Å². The average Bonchev–Trinajstić information content (AvgIpc) is 2.35. The monoisotopic (exact) mass is 289 g/mol. The van der Waals surface area contributed by atoms with Crippen LogP contribution in [-0.2, 0) is 23.1 Å². The molecule has 0 saturated carbocycles. The molecule has 0 radical (unpaired) electrons. The Morgan fingerprint density at radius 2 is 2.06 bits per heavy atom.